The van der Waals surface area contributed by atoms with Crippen molar-refractivity contribution in [3.63, 3.8) is 0 Å². The second kappa shape index (κ2) is 5.49. The van der Waals surface area contributed by atoms with Crippen molar-refractivity contribution in [1.82, 2.24) is 10.3 Å². The number of hydrogen-bond acceptors (Lipinski definition) is 3. The van der Waals surface area contributed by atoms with Crippen LogP contribution in [0.5, 0.6) is 0 Å². The van der Waals surface area contributed by atoms with Gasteiger partial charge in [-0.25, -0.2) is 0 Å². The summed E-state index contributed by atoms with van der Waals surface area (Å²) in [5.74, 6) is 0. The predicted octanol–water partition coefficient (Wildman–Crippen LogP) is 2.90. The third kappa shape index (κ3) is 2.79. The number of fused-ring (bicyclic) bond motifs is 1. The molecule has 1 aromatic carbocycles. The molecule has 21 heavy (non-hydrogen) atoms. The Morgan fingerprint density at radius 2 is 2.00 bits per heavy atom. The monoisotopic (exact) mass is 279 g/mol. The van der Waals surface area contributed by atoms with Gasteiger partial charge >= 0.3 is 0 Å². The van der Waals surface area contributed by atoms with Crippen LogP contribution in [0, 0.1) is 0 Å². The topological polar surface area (TPSA) is 28.2 Å². The molecule has 0 bridgehead atoms. The molecule has 1 saturated carbocycles. The molecule has 2 aromatic rings. The molecule has 1 fully saturated rings. The van der Waals surface area contributed by atoms with Gasteiger partial charge in [-0.3, -0.25) is 4.98 Å². The van der Waals surface area contributed by atoms with Gasteiger partial charge < -0.3 is 10.2 Å². The first-order chi connectivity index (χ1) is 10.4. The largest absolute Gasteiger partial charge is 0.367 e. The van der Waals surface area contributed by atoms with Crippen LogP contribution in [0.4, 0.5) is 5.69 Å². The summed E-state index contributed by atoms with van der Waals surface area (Å²) in [7, 11) is 0. The third-order valence-electron chi connectivity index (χ3n) is 4.51. The maximum absolute atomic E-state index is 4.32. The fourth-order valence-electron chi connectivity index (χ4n) is 3.11. The number of hydrogen-bond donors (Lipinski definition) is 1. The number of nitrogens with one attached hydrogen (secondary N) is 1. The molecule has 3 nitrogen and oxygen atoms in total. The van der Waals surface area contributed by atoms with E-state index in [1.807, 2.05) is 12.4 Å². The number of aromatic nitrogens is 1. The minimum absolute atomic E-state index is 0.736. The number of nitrogens with zero attached hydrogens (tertiary/aromatic N) is 2. The van der Waals surface area contributed by atoms with Crippen LogP contribution in [0.3, 0.4) is 0 Å². The van der Waals surface area contributed by atoms with Crippen LogP contribution < -0.4 is 10.2 Å². The summed E-state index contributed by atoms with van der Waals surface area (Å²) in [6.45, 7) is 3.04. The first-order valence-corrected chi connectivity index (χ1v) is 7.88. The highest BCUT2D eigenvalue weighted by atomic mass is 15.1. The molecule has 2 heterocycles. The van der Waals surface area contributed by atoms with Gasteiger partial charge in [-0.1, -0.05) is 24.3 Å². The fraction of sp³-hybridized carbons (Fsp3) is 0.389. The highest BCUT2D eigenvalue weighted by Crippen LogP contribution is 2.27. The summed E-state index contributed by atoms with van der Waals surface area (Å²) in [4.78, 5) is 6.81. The lowest BCUT2D eigenvalue weighted by molar-refractivity contribution is 0.673. The average Bonchev–Trinajstić information content (AvgIpc) is 3.37. The summed E-state index contributed by atoms with van der Waals surface area (Å²) in [5.41, 5.74) is 5.62. The predicted molar refractivity (Wildman–Crippen MR) is 85.3 cm³/mol. The third-order valence-corrected chi connectivity index (χ3v) is 4.51. The minimum Gasteiger partial charge on any atom is -0.367 e. The number of anilines is 1. The van der Waals surface area contributed by atoms with Crippen LogP contribution in [0.25, 0.3) is 0 Å². The van der Waals surface area contributed by atoms with Gasteiger partial charge in [-0.15, -0.1) is 0 Å². The Kier molecular flexibility index (Phi) is 3.36. The van der Waals surface area contributed by atoms with Crippen molar-refractivity contribution in [1.29, 1.82) is 0 Å². The van der Waals surface area contributed by atoms with Gasteiger partial charge in [0.15, 0.2) is 0 Å². The van der Waals surface area contributed by atoms with E-state index in [1.165, 1.54) is 35.2 Å². The smallest absolute Gasteiger partial charge is 0.0445 e. The van der Waals surface area contributed by atoms with Gasteiger partial charge in [0, 0.05) is 49.3 Å². The molecule has 0 spiro atoms. The molecular formula is C18H21N3. The van der Waals surface area contributed by atoms with Crippen molar-refractivity contribution in [2.45, 2.75) is 38.4 Å². The maximum Gasteiger partial charge on any atom is 0.0445 e. The first kappa shape index (κ1) is 12.8. The van der Waals surface area contributed by atoms with Gasteiger partial charge in [0.25, 0.3) is 0 Å². The molecule has 0 saturated heterocycles. The molecule has 4 rings (SSSR count). The maximum atomic E-state index is 4.32. The van der Waals surface area contributed by atoms with E-state index in [0.29, 0.717) is 0 Å². The van der Waals surface area contributed by atoms with Crippen LogP contribution in [0.15, 0.2) is 42.7 Å². The summed E-state index contributed by atoms with van der Waals surface area (Å²) < 4.78 is 0. The Morgan fingerprint density at radius 3 is 2.86 bits per heavy atom. The van der Waals surface area contributed by atoms with Crippen molar-refractivity contribution in [3.05, 3.63) is 59.4 Å². The van der Waals surface area contributed by atoms with Crippen molar-refractivity contribution in [3.8, 4) is 0 Å². The molecule has 1 aliphatic carbocycles. The van der Waals surface area contributed by atoms with Gasteiger partial charge in [-0.2, -0.15) is 0 Å². The van der Waals surface area contributed by atoms with E-state index in [1.54, 1.807) is 0 Å². The van der Waals surface area contributed by atoms with E-state index in [-0.39, 0.29) is 0 Å². The number of benzene rings is 1. The van der Waals surface area contributed by atoms with Crippen molar-refractivity contribution in [2.75, 3.05) is 11.4 Å². The Hall–Kier alpha value is -1.87. The van der Waals surface area contributed by atoms with E-state index in [4.69, 9.17) is 0 Å². The van der Waals surface area contributed by atoms with Gasteiger partial charge in [-0.05, 0) is 36.5 Å². The molecule has 0 unspecified atom stereocenters. The van der Waals surface area contributed by atoms with Gasteiger partial charge in [0.2, 0.25) is 0 Å². The quantitative estimate of drug-likeness (QED) is 0.932. The number of pyridine rings is 1. The minimum atomic E-state index is 0.736. The average molecular weight is 279 g/mol. The Morgan fingerprint density at radius 1 is 1.14 bits per heavy atom. The molecule has 1 N–H and O–H groups in total. The highest BCUT2D eigenvalue weighted by Gasteiger charge is 2.22. The second-order valence-corrected chi connectivity index (χ2v) is 6.10. The lowest BCUT2D eigenvalue weighted by atomic mass is 9.99. The molecular weight excluding hydrogens is 258 g/mol. The van der Waals surface area contributed by atoms with E-state index < -0.39 is 0 Å². The lowest BCUT2D eigenvalue weighted by Gasteiger charge is -2.32. The van der Waals surface area contributed by atoms with E-state index in [0.717, 1.165) is 32.1 Å². The molecule has 0 atom stereocenters. The van der Waals surface area contributed by atoms with E-state index in [9.17, 15) is 0 Å². The summed E-state index contributed by atoms with van der Waals surface area (Å²) >= 11 is 0. The SMILES string of the molecule is c1ccc2c(c1)CCN(c1ccncc1CNC1CC1)C2. The van der Waals surface area contributed by atoms with Crippen molar-refractivity contribution >= 4 is 5.69 Å². The van der Waals surface area contributed by atoms with E-state index >= 15 is 0 Å². The normalized spacial score (nSPS) is 17.6. The van der Waals surface area contributed by atoms with Gasteiger partial charge in [0.1, 0.15) is 0 Å². The van der Waals surface area contributed by atoms with E-state index in [2.05, 4.69) is 45.5 Å². The second-order valence-electron chi connectivity index (χ2n) is 6.10. The summed E-state index contributed by atoms with van der Waals surface area (Å²) in [6.07, 6.45) is 7.72. The summed E-state index contributed by atoms with van der Waals surface area (Å²) in [6, 6.07) is 11.7. The molecule has 1 aromatic heterocycles. The fourth-order valence-corrected chi connectivity index (χ4v) is 3.11. The molecule has 0 radical (unpaired) electrons. The molecule has 1 aliphatic heterocycles. The van der Waals surface area contributed by atoms with Crippen molar-refractivity contribution in [2.24, 2.45) is 0 Å². The zero-order chi connectivity index (χ0) is 14.1. The van der Waals surface area contributed by atoms with Crippen LogP contribution in [-0.4, -0.2) is 17.6 Å². The summed E-state index contributed by atoms with van der Waals surface area (Å²) in [5, 5.41) is 3.60. The molecule has 3 heteroatoms. The Balaban J connectivity index is 1.56. The standard InChI is InChI=1S/C18H21N3/c1-2-4-15-13-21(10-8-14(15)3-1)18-7-9-19-11-16(18)12-20-17-5-6-17/h1-4,7,9,11,17,20H,5-6,8,10,12-13H2. The number of rotatable bonds is 4. The van der Waals surface area contributed by atoms with Crippen LogP contribution >= 0.6 is 0 Å². The molecule has 2 aliphatic rings. The van der Waals surface area contributed by atoms with Gasteiger partial charge in [0.05, 0.1) is 0 Å². The lowest BCUT2D eigenvalue weighted by Crippen LogP contribution is -2.31. The molecule has 0 amide bonds. The van der Waals surface area contributed by atoms with Crippen molar-refractivity contribution < 1.29 is 0 Å². The zero-order valence-electron chi connectivity index (χ0n) is 12.3. The van der Waals surface area contributed by atoms with Crippen LogP contribution in [0.2, 0.25) is 0 Å². The molecule has 108 valence electrons. The highest BCUT2D eigenvalue weighted by molar-refractivity contribution is 5.54. The Labute approximate surface area is 126 Å². The van der Waals surface area contributed by atoms with Crippen LogP contribution in [0.1, 0.15) is 29.5 Å². The first-order valence-electron chi connectivity index (χ1n) is 7.88. The van der Waals surface area contributed by atoms with Crippen LogP contribution in [-0.2, 0) is 19.5 Å². The zero-order valence-corrected chi connectivity index (χ0v) is 12.3. The Bertz CT molecular complexity index is 634.